The number of anilines is 1. The van der Waals surface area contributed by atoms with Gasteiger partial charge in [0.2, 0.25) is 0 Å². The van der Waals surface area contributed by atoms with Gasteiger partial charge in [-0.15, -0.1) is 0 Å². The topological polar surface area (TPSA) is 135 Å². The van der Waals surface area contributed by atoms with E-state index in [-0.39, 0.29) is 29.6 Å². The zero-order valence-corrected chi connectivity index (χ0v) is 8.79. The third-order valence-corrected chi connectivity index (χ3v) is 3.54. The monoisotopic (exact) mass is 277 g/mol. The van der Waals surface area contributed by atoms with Gasteiger partial charge in [-0.1, -0.05) is 6.07 Å². The number of hydrogen-bond acceptors (Lipinski definition) is 5. The molecule has 0 unspecified atom stereocenters. The molecule has 0 fully saturated rings. The molecule has 0 radical (unpaired) electrons. The van der Waals surface area contributed by atoms with E-state index < -0.39 is 35.7 Å². The van der Waals surface area contributed by atoms with Crippen molar-refractivity contribution in [3.05, 3.63) is 18.2 Å². The molecule has 0 amide bonds. The minimum atomic E-state index is -4.81. The average Bonchev–Trinajstić information content (AvgIpc) is 1.99. The van der Waals surface area contributed by atoms with Crippen molar-refractivity contribution >= 4 is 55.5 Å². The summed E-state index contributed by atoms with van der Waals surface area (Å²) in [4.78, 5) is -1.97. The summed E-state index contributed by atoms with van der Waals surface area (Å²) in [5, 5.41) is 0. The third-order valence-electron chi connectivity index (χ3n) is 1.55. The summed E-state index contributed by atoms with van der Waals surface area (Å²) in [5.74, 6) is 0. The molecule has 0 saturated heterocycles. The van der Waals surface area contributed by atoms with Gasteiger partial charge in [-0.05, 0) is 12.1 Å². The van der Waals surface area contributed by atoms with Crippen molar-refractivity contribution in [2.45, 2.75) is 9.79 Å². The van der Waals surface area contributed by atoms with E-state index in [9.17, 15) is 16.8 Å². The summed E-state index contributed by atoms with van der Waals surface area (Å²) in [5.41, 5.74) is 4.72. The Kier molecular flexibility index (Phi) is 4.95. The molecular weight excluding hydrogens is 269 g/mol. The average molecular weight is 277 g/mol. The molecule has 10 heteroatoms. The standard InChI is InChI=1S/C6H7NO6S2.Na.H/c7-4-2-1-3-5(14(8,9)10)6(4)15(11,12)13;;/h1-3H,7H2,(H,8,9,10)(H,11,12,13);;. The second-order valence-electron chi connectivity index (χ2n) is 2.62. The van der Waals surface area contributed by atoms with Crippen LogP contribution in [-0.4, -0.2) is 55.5 Å². The van der Waals surface area contributed by atoms with Crippen molar-refractivity contribution in [2.24, 2.45) is 0 Å². The number of benzene rings is 1. The van der Waals surface area contributed by atoms with Gasteiger partial charge < -0.3 is 5.73 Å². The molecule has 0 spiro atoms. The Morgan fingerprint density at radius 2 is 1.50 bits per heavy atom. The first-order chi connectivity index (χ1) is 6.64. The van der Waals surface area contributed by atoms with Crippen molar-refractivity contribution < 1.29 is 25.9 Å². The Morgan fingerprint density at radius 3 is 1.81 bits per heavy atom. The Labute approximate surface area is 114 Å². The van der Waals surface area contributed by atoms with Crippen molar-refractivity contribution in [3.63, 3.8) is 0 Å². The molecule has 0 saturated carbocycles. The maximum atomic E-state index is 10.8. The second kappa shape index (κ2) is 5.00. The summed E-state index contributed by atoms with van der Waals surface area (Å²) < 4.78 is 60.6. The van der Waals surface area contributed by atoms with Crippen LogP contribution < -0.4 is 5.73 Å². The quantitative estimate of drug-likeness (QED) is 0.362. The number of nitrogen functional groups attached to an aromatic ring is 1. The van der Waals surface area contributed by atoms with E-state index in [0.717, 1.165) is 18.2 Å². The SMILES string of the molecule is Nc1cccc(S(=O)(=O)O)c1S(=O)(=O)O.[NaH]. The molecule has 0 bridgehead atoms. The van der Waals surface area contributed by atoms with Crippen molar-refractivity contribution in [3.8, 4) is 0 Å². The van der Waals surface area contributed by atoms with Gasteiger partial charge in [0.05, 0.1) is 5.69 Å². The second-order valence-corrected chi connectivity index (χ2v) is 5.37. The predicted octanol–water partition coefficient (Wildman–Crippen LogP) is -0.886. The molecule has 7 nitrogen and oxygen atoms in total. The zero-order valence-electron chi connectivity index (χ0n) is 7.15. The zero-order chi connectivity index (χ0) is 11.9. The van der Waals surface area contributed by atoms with Crippen LogP contribution in [-0.2, 0) is 20.2 Å². The van der Waals surface area contributed by atoms with Crippen LogP contribution in [0.2, 0.25) is 0 Å². The minimum absolute atomic E-state index is 0. The van der Waals surface area contributed by atoms with E-state index in [1.165, 1.54) is 0 Å². The fraction of sp³-hybridized carbons (Fsp3) is 0. The van der Waals surface area contributed by atoms with E-state index >= 15 is 0 Å². The van der Waals surface area contributed by atoms with Gasteiger partial charge in [-0.2, -0.15) is 16.8 Å². The molecule has 0 aliphatic carbocycles. The molecule has 16 heavy (non-hydrogen) atoms. The van der Waals surface area contributed by atoms with Crippen LogP contribution in [0, 0.1) is 0 Å². The molecule has 1 aromatic rings. The number of hydrogen-bond donors (Lipinski definition) is 3. The van der Waals surface area contributed by atoms with Crippen molar-refractivity contribution in [1.29, 1.82) is 0 Å². The molecular formula is C6H8NNaO6S2. The summed E-state index contributed by atoms with van der Waals surface area (Å²) in [6, 6.07) is 3.03. The first-order valence-corrected chi connectivity index (χ1v) is 6.35. The molecule has 1 rings (SSSR count). The van der Waals surface area contributed by atoms with Crippen LogP contribution in [0.3, 0.4) is 0 Å². The third kappa shape index (κ3) is 3.42. The predicted molar refractivity (Wildman–Crippen MR) is 57.6 cm³/mol. The van der Waals surface area contributed by atoms with Crippen LogP contribution >= 0.6 is 0 Å². The first kappa shape index (κ1) is 15.8. The van der Waals surface area contributed by atoms with E-state index in [4.69, 9.17) is 14.8 Å². The molecule has 0 heterocycles. The van der Waals surface area contributed by atoms with Crippen LogP contribution in [0.1, 0.15) is 0 Å². The molecule has 0 atom stereocenters. The fourth-order valence-corrected chi connectivity index (χ4v) is 2.93. The Bertz CT molecular complexity index is 593. The summed E-state index contributed by atoms with van der Waals surface area (Å²) in [6.07, 6.45) is 0. The maximum absolute atomic E-state index is 10.8. The van der Waals surface area contributed by atoms with Crippen LogP contribution in [0.15, 0.2) is 28.0 Å². The van der Waals surface area contributed by atoms with Crippen LogP contribution in [0.4, 0.5) is 5.69 Å². The van der Waals surface area contributed by atoms with Gasteiger partial charge in [0, 0.05) is 0 Å². The van der Waals surface area contributed by atoms with Crippen LogP contribution in [0.5, 0.6) is 0 Å². The number of nitrogens with two attached hydrogens (primary N) is 1. The Morgan fingerprint density at radius 1 is 1.00 bits per heavy atom. The van der Waals surface area contributed by atoms with Crippen LogP contribution in [0.25, 0.3) is 0 Å². The van der Waals surface area contributed by atoms with Gasteiger partial charge in [0.1, 0.15) is 9.79 Å². The van der Waals surface area contributed by atoms with Gasteiger partial charge in [0.25, 0.3) is 20.2 Å². The van der Waals surface area contributed by atoms with Gasteiger partial charge >= 0.3 is 29.6 Å². The van der Waals surface area contributed by atoms with Gasteiger partial charge in [-0.25, -0.2) is 0 Å². The normalized spacial score (nSPS) is 11.9. The summed E-state index contributed by atoms with van der Waals surface area (Å²) in [7, 11) is -9.57. The van der Waals surface area contributed by atoms with Gasteiger partial charge in [0.15, 0.2) is 0 Å². The van der Waals surface area contributed by atoms with Crippen molar-refractivity contribution in [1.82, 2.24) is 0 Å². The van der Waals surface area contributed by atoms with E-state index in [2.05, 4.69) is 0 Å². The summed E-state index contributed by atoms with van der Waals surface area (Å²) >= 11 is 0. The Balaban J connectivity index is 0.00000225. The van der Waals surface area contributed by atoms with E-state index in [0.29, 0.717) is 0 Å². The van der Waals surface area contributed by atoms with Crippen molar-refractivity contribution in [2.75, 3.05) is 5.73 Å². The Hall–Kier alpha value is -0.160. The number of rotatable bonds is 2. The fourth-order valence-electron chi connectivity index (χ4n) is 1.01. The molecule has 0 aliphatic heterocycles. The van der Waals surface area contributed by atoms with E-state index in [1.54, 1.807) is 0 Å². The molecule has 0 aromatic heterocycles. The first-order valence-electron chi connectivity index (χ1n) is 3.47. The molecule has 0 aliphatic rings. The van der Waals surface area contributed by atoms with E-state index in [1.807, 2.05) is 0 Å². The molecule has 1 aromatic carbocycles. The summed E-state index contributed by atoms with van der Waals surface area (Å²) in [6.45, 7) is 0. The van der Waals surface area contributed by atoms with Gasteiger partial charge in [-0.3, -0.25) is 9.11 Å². The molecule has 4 N–H and O–H groups in total. The molecule has 86 valence electrons.